The molecule has 1 aromatic heterocycles. The number of halogens is 1. The van der Waals surface area contributed by atoms with Crippen LogP contribution in [0.2, 0.25) is 5.02 Å². The number of carbonyl (C=O) groups excluding carboxylic acids is 1. The second kappa shape index (κ2) is 10.7. The van der Waals surface area contributed by atoms with Crippen molar-refractivity contribution < 1.29 is 9.53 Å². The molecule has 0 spiro atoms. The lowest BCUT2D eigenvalue weighted by molar-refractivity contribution is 0.0601. The Bertz CT molecular complexity index is 1290. The van der Waals surface area contributed by atoms with Crippen molar-refractivity contribution in [1.82, 2.24) is 9.47 Å². The van der Waals surface area contributed by atoms with Gasteiger partial charge in [-0.2, -0.15) is 0 Å². The van der Waals surface area contributed by atoms with E-state index in [-0.39, 0.29) is 5.97 Å². The highest BCUT2D eigenvalue weighted by atomic mass is 35.5. The first kappa shape index (κ1) is 24.8. The number of fused-ring (bicyclic) bond motifs is 5. The van der Waals surface area contributed by atoms with Crippen LogP contribution in [0.3, 0.4) is 0 Å². The summed E-state index contributed by atoms with van der Waals surface area (Å²) in [6, 6.07) is 12.6. The number of hydrogen-bond donors (Lipinski definition) is 0. The number of piperidine rings is 1. The monoisotopic (exact) mass is 519 g/mol. The lowest BCUT2D eigenvalue weighted by atomic mass is 9.81. The van der Waals surface area contributed by atoms with Crippen LogP contribution in [-0.2, 0) is 11.3 Å². The normalized spacial score (nSPS) is 18.9. The van der Waals surface area contributed by atoms with E-state index in [1.54, 1.807) is 0 Å². The average molecular weight is 520 g/mol. The fourth-order valence-electron chi connectivity index (χ4n) is 6.93. The van der Waals surface area contributed by atoms with Gasteiger partial charge in [0.2, 0.25) is 0 Å². The Morgan fingerprint density at radius 3 is 2.49 bits per heavy atom. The van der Waals surface area contributed by atoms with Crippen molar-refractivity contribution in [1.29, 1.82) is 0 Å². The summed E-state index contributed by atoms with van der Waals surface area (Å²) in [6.07, 6.45) is 10.3. The van der Waals surface area contributed by atoms with Gasteiger partial charge in [-0.3, -0.25) is 0 Å². The minimum Gasteiger partial charge on any atom is -0.465 e. The summed E-state index contributed by atoms with van der Waals surface area (Å²) < 4.78 is 7.56. The topological polar surface area (TPSA) is 37.7 Å². The van der Waals surface area contributed by atoms with Gasteiger partial charge in [0.05, 0.1) is 18.4 Å². The van der Waals surface area contributed by atoms with Crippen molar-refractivity contribution in [3.63, 3.8) is 0 Å². The predicted molar refractivity (Wildman–Crippen MR) is 152 cm³/mol. The largest absolute Gasteiger partial charge is 0.465 e. The fraction of sp³-hybridized carbons (Fsp3) is 0.516. The molecule has 3 aliphatic rings. The van der Waals surface area contributed by atoms with Crippen molar-refractivity contribution in [2.24, 2.45) is 0 Å². The molecule has 6 rings (SSSR count). The van der Waals surface area contributed by atoms with E-state index in [2.05, 4.69) is 38.6 Å². The molecule has 0 amide bonds. The van der Waals surface area contributed by atoms with E-state index in [0.29, 0.717) is 11.5 Å². The molecule has 196 valence electrons. The van der Waals surface area contributed by atoms with Gasteiger partial charge in [0.15, 0.2) is 0 Å². The summed E-state index contributed by atoms with van der Waals surface area (Å²) in [4.78, 5) is 17.6. The van der Waals surface area contributed by atoms with Crippen LogP contribution in [0.5, 0.6) is 0 Å². The number of aromatic nitrogens is 1. The summed E-state index contributed by atoms with van der Waals surface area (Å²) in [5, 5.41) is 2.08. The maximum absolute atomic E-state index is 12.5. The van der Waals surface area contributed by atoms with E-state index in [0.717, 1.165) is 36.7 Å². The lowest BCUT2D eigenvalue weighted by Crippen LogP contribution is -2.38. The highest BCUT2D eigenvalue weighted by Crippen LogP contribution is 2.47. The summed E-state index contributed by atoms with van der Waals surface area (Å²) in [6.45, 7) is 6.32. The van der Waals surface area contributed by atoms with Crippen LogP contribution >= 0.6 is 11.6 Å². The zero-order valence-corrected chi connectivity index (χ0v) is 22.7. The molecule has 0 radical (unpaired) electrons. The van der Waals surface area contributed by atoms with Crippen LogP contribution in [0.4, 0.5) is 5.69 Å². The molecule has 2 aliphatic heterocycles. The number of ether oxygens (including phenoxy) is 1. The molecule has 3 heterocycles. The summed E-state index contributed by atoms with van der Waals surface area (Å²) in [5.41, 5.74) is 7.09. The van der Waals surface area contributed by atoms with E-state index < -0.39 is 0 Å². The molecule has 0 N–H and O–H groups in total. The second-order valence-electron chi connectivity index (χ2n) is 11.0. The van der Waals surface area contributed by atoms with Gasteiger partial charge in [0.25, 0.3) is 0 Å². The highest BCUT2D eigenvalue weighted by Gasteiger charge is 2.31. The molecule has 5 nitrogen and oxygen atoms in total. The number of benzene rings is 2. The standard InChI is InChI=1S/C31H38ClN3O2/c1-37-31(36)23-10-12-25-28(20-23)35-19-18-34(17-16-33-14-6-3-7-15-33)27-21-24(32)11-13-26(27)30(35)29(25)22-8-4-2-5-9-22/h10-13,20-22H,2-9,14-19H2,1H3. The Morgan fingerprint density at radius 1 is 0.919 bits per heavy atom. The molecule has 2 fully saturated rings. The zero-order valence-electron chi connectivity index (χ0n) is 22.0. The smallest absolute Gasteiger partial charge is 0.337 e. The second-order valence-corrected chi connectivity index (χ2v) is 11.5. The number of carbonyl (C=O) groups is 1. The van der Waals surface area contributed by atoms with Crippen molar-refractivity contribution in [2.45, 2.75) is 63.8 Å². The first-order chi connectivity index (χ1) is 18.1. The van der Waals surface area contributed by atoms with Gasteiger partial charge in [-0.25, -0.2) is 4.79 Å². The molecule has 1 saturated heterocycles. The molecule has 1 aliphatic carbocycles. The van der Waals surface area contributed by atoms with Gasteiger partial charge in [0, 0.05) is 53.4 Å². The Hall–Kier alpha value is -2.50. The third kappa shape index (κ3) is 4.77. The highest BCUT2D eigenvalue weighted by molar-refractivity contribution is 6.31. The van der Waals surface area contributed by atoms with E-state index >= 15 is 0 Å². The predicted octanol–water partition coefficient (Wildman–Crippen LogP) is 7.10. The Kier molecular flexibility index (Phi) is 7.18. The first-order valence-electron chi connectivity index (χ1n) is 14.2. The summed E-state index contributed by atoms with van der Waals surface area (Å²) >= 11 is 6.61. The third-order valence-corrected chi connectivity index (χ3v) is 9.06. The first-order valence-corrected chi connectivity index (χ1v) is 14.5. The zero-order chi connectivity index (χ0) is 25.4. The van der Waals surface area contributed by atoms with Crippen molar-refractivity contribution in [3.8, 4) is 11.3 Å². The number of anilines is 1. The van der Waals surface area contributed by atoms with Crippen LogP contribution in [0, 0.1) is 0 Å². The lowest BCUT2D eigenvalue weighted by Gasteiger charge is -2.31. The minimum absolute atomic E-state index is 0.277. The number of esters is 1. The maximum atomic E-state index is 12.5. The molecule has 0 atom stereocenters. The Morgan fingerprint density at radius 2 is 1.70 bits per heavy atom. The van der Waals surface area contributed by atoms with Crippen LogP contribution < -0.4 is 4.90 Å². The number of likely N-dealkylation sites (tertiary alicyclic amines) is 1. The van der Waals surface area contributed by atoms with Gasteiger partial charge in [-0.15, -0.1) is 0 Å². The van der Waals surface area contributed by atoms with Gasteiger partial charge in [-0.1, -0.05) is 43.4 Å². The number of hydrogen-bond acceptors (Lipinski definition) is 4. The molecule has 37 heavy (non-hydrogen) atoms. The van der Waals surface area contributed by atoms with Gasteiger partial charge in [0.1, 0.15) is 0 Å². The molecule has 3 aromatic rings. The SMILES string of the molecule is COC(=O)c1ccc2c(C3CCCCC3)c3n(c2c1)CCN(CCN1CCCCC1)c1cc(Cl)ccc1-3. The van der Waals surface area contributed by atoms with Crippen LogP contribution in [0.15, 0.2) is 36.4 Å². The summed E-state index contributed by atoms with van der Waals surface area (Å²) in [5.74, 6) is 0.264. The number of nitrogens with zero attached hydrogens (tertiary/aromatic N) is 3. The van der Waals surface area contributed by atoms with Crippen molar-refractivity contribution in [2.75, 3.05) is 44.7 Å². The fourth-order valence-corrected chi connectivity index (χ4v) is 7.10. The molecule has 6 heteroatoms. The van der Waals surface area contributed by atoms with E-state index in [1.807, 2.05) is 12.1 Å². The third-order valence-electron chi connectivity index (χ3n) is 8.82. The minimum atomic E-state index is -0.277. The van der Waals surface area contributed by atoms with E-state index in [4.69, 9.17) is 16.3 Å². The van der Waals surface area contributed by atoms with Crippen molar-refractivity contribution in [3.05, 3.63) is 52.5 Å². The Labute approximate surface area is 225 Å². The summed E-state index contributed by atoms with van der Waals surface area (Å²) in [7, 11) is 1.46. The van der Waals surface area contributed by atoms with Crippen LogP contribution in [0.1, 0.15) is 73.2 Å². The van der Waals surface area contributed by atoms with Gasteiger partial charge in [-0.05, 0) is 80.6 Å². The van der Waals surface area contributed by atoms with Crippen LogP contribution in [0.25, 0.3) is 22.2 Å². The number of methoxy groups -OCH3 is 1. The molecule has 1 saturated carbocycles. The molecular formula is C31H38ClN3O2. The Balaban J connectivity index is 1.48. The number of rotatable bonds is 5. The molecule has 0 bridgehead atoms. The molecular weight excluding hydrogens is 482 g/mol. The molecule has 2 aromatic carbocycles. The quantitative estimate of drug-likeness (QED) is 0.337. The van der Waals surface area contributed by atoms with Gasteiger partial charge < -0.3 is 19.1 Å². The molecule has 0 unspecified atom stereocenters. The van der Waals surface area contributed by atoms with E-state index in [9.17, 15) is 4.79 Å². The van der Waals surface area contributed by atoms with Gasteiger partial charge >= 0.3 is 5.97 Å². The average Bonchev–Trinajstić information content (AvgIpc) is 3.18. The van der Waals surface area contributed by atoms with Crippen LogP contribution in [-0.4, -0.2) is 55.3 Å². The maximum Gasteiger partial charge on any atom is 0.337 e. The van der Waals surface area contributed by atoms with Crippen molar-refractivity contribution >= 4 is 34.2 Å². The van der Waals surface area contributed by atoms with E-state index in [1.165, 1.54) is 99.5 Å².